The summed E-state index contributed by atoms with van der Waals surface area (Å²) in [7, 11) is 0. The first-order chi connectivity index (χ1) is 18.9. The van der Waals surface area contributed by atoms with E-state index >= 15 is 0 Å². The fourth-order valence-corrected chi connectivity index (χ4v) is 4.95. The molecule has 0 unspecified atom stereocenters. The van der Waals surface area contributed by atoms with Crippen molar-refractivity contribution >= 4 is 18.0 Å². The zero-order valence-corrected chi connectivity index (χ0v) is 21.0. The van der Waals surface area contributed by atoms with Crippen LogP contribution in [-0.2, 0) is 24.1 Å². The summed E-state index contributed by atoms with van der Waals surface area (Å²) in [5, 5.41) is 3.49. The van der Waals surface area contributed by atoms with Gasteiger partial charge in [-0.2, -0.15) is 13.2 Å². The van der Waals surface area contributed by atoms with Gasteiger partial charge in [-0.25, -0.2) is 14.5 Å². The highest BCUT2D eigenvalue weighted by atomic mass is 19.4. The number of carbonyl (C=O) groups is 2. The number of ether oxygens (including phenoxy) is 1. The summed E-state index contributed by atoms with van der Waals surface area (Å²) in [6.45, 7) is 1.87. The Labute approximate surface area is 224 Å². The SMILES string of the molecule is O=C(C=Cc1ccc(OC(F)(F)F)cc1)N1CC=C2CN(C(=O)N3CCn4nc(C(F)(F)F)nc4C3)C[C@H]2CC1. The van der Waals surface area contributed by atoms with Gasteiger partial charge in [0.2, 0.25) is 5.91 Å². The highest BCUT2D eigenvalue weighted by molar-refractivity contribution is 5.92. The lowest BCUT2D eigenvalue weighted by Gasteiger charge is -2.30. The van der Waals surface area contributed by atoms with E-state index in [0.717, 1.165) is 17.7 Å². The average molecular weight is 570 g/mol. The molecule has 0 spiro atoms. The van der Waals surface area contributed by atoms with Gasteiger partial charge >= 0.3 is 18.6 Å². The Morgan fingerprint density at radius 3 is 2.40 bits per heavy atom. The topological polar surface area (TPSA) is 83.8 Å². The second-order valence-electron chi connectivity index (χ2n) is 9.66. The van der Waals surface area contributed by atoms with Crippen molar-refractivity contribution in [3.05, 3.63) is 59.2 Å². The van der Waals surface area contributed by atoms with E-state index < -0.39 is 18.4 Å². The van der Waals surface area contributed by atoms with E-state index in [1.165, 1.54) is 33.9 Å². The zero-order chi connectivity index (χ0) is 28.7. The molecule has 1 aromatic carbocycles. The third-order valence-corrected chi connectivity index (χ3v) is 6.96. The zero-order valence-electron chi connectivity index (χ0n) is 21.0. The number of rotatable bonds is 3. The van der Waals surface area contributed by atoms with Gasteiger partial charge in [0, 0.05) is 44.7 Å². The first-order valence-corrected chi connectivity index (χ1v) is 12.4. The van der Waals surface area contributed by atoms with Gasteiger partial charge in [0.25, 0.3) is 5.82 Å². The fourth-order valence-electron chi connectivity index (χ4n) is 4.95. The molecule has 214 valence electrons. The van der Waals surface area contributed by atoms with Gasteiger partial charge in [-0.15, -0.1) is 18.3 Å². The number of aromatic nitrogens is 3. The third kappa shape index (κ3) is 6.23. The summed E-state index contributed by atoms with van der Waals surface area (Å²) in [4.78, 5) is 34.2. The Morgan fingerprint density at radius 1 is 0.950 bits per heavy atom. The van der Waals surface area contributed by atoms with E-state index in [9.17, 15) is 35.9 Å². The quantitative estimate of drug-likeness (QED) is 0.317. The summed E-state index contributed by atoms with van der Waals surface area (Å²) in [5.41, 5.74) is 1.56. The highest BCUT2D eigenvalue weighted by Gasteiger charge is 2.40. The molecular weight excluding hydrogens is 546 g/mol. The molecule has 9 nitrogen and oxygen atoms in total. The number of urea groups is 1. The molecule has 1 fully saturated rings. The van der Waals surface area contributed by atoms with Crippen molar-refractivity contribution in [2.24, 2.45) is 5.92 Å². The molecule has 0 bridgehead atoms. The second-order valence-corrected chi connectivity index (χ2v) is 9.66. The Bertz CT molecular complexity index is 1330. The molecule has 0 aliphatic carbocycles. The molecule has 15 heteroatoms. The first kappa shape index (κ1) is 27.5. The predicted octanol–water partition coefficient (Wildman–Crippen LogP) is 3.94. The van der Waals surface area contributed by atoms with Crippen LogP contribution >= 0.6 is 0 Å². The van der Waals surface area contributed by atoms with Crippen molar-refractivity contribution in [2.75, 3.05) is 32.7 Å². The maximum Gasteiger partial charge on any atom is 0.573 e. The molecule has 1 saturated heterocycles. The van der Waals surface area contributed by atoms with Crippen molar-refractivity contribution in [2.45, 2.75) is 32.0 Å². The molecule has 1 aromatic heterocycles. The number of amides is 3. The number of alkyl halides is 6. The number of hydrogen-bond acceptors (Lipinski definition) is 5. The standard InChI is InChI=1S/C25H24F6N6O3/c26-24(27,28)22-32-20-15-35(11-12-37(20)33-22)23(39)36-13-17-7-9-34(10-8-18(17)14-36)21(38)6-3-16-1-4-19(5-2-16)40-25(29,30)31/h1-7,18H,8-15H2/t18-/m1/s1. The Morgan fingerprint density at radius 2 is 1.70 bits per heavy atom. The van der Waals surface area contributed by atoms with Crippen LogP contribution in [0.1, 0.15) is 23.6 Å². The van der Waals surface area contributed by atoms with E-state index in [4.69, 9.17) is 0 Å². The molecule has 3 aliphatic rings. The number of hydrogen-bond donors (Lipinski definition) is 0. The molecule has 1 atom stereocenters. The predicted molar refractivity (Wildman–Crippen MR) is 127 cm³/mol. The lowest BCUT2D eigenvalue weighted by atomic mass is 10.00. The van der Waals surface area contributed by atoms with Crippen LogP contribution in [-0.4, -0.2) is 80.5 Å². The van der Waals surface area contributed by atoms with Crippen LogP contribution < -0.4 is 4.74 Å². The molecule has 2 aromatic rings. The summed E-state index contributed by atoms with van der Waals surface area (Å²) in [5.74, 6) is -1.68. The summed E-state index contributed by atoms with van der Waals surface area (Å²) in [6.07, 6.45) is -4.02. The van der Waals surface area contributed by atoms with Crippen molar-refractivity contribution in [3.8, 4) is 5.75 Å². The highest BCUT2D eigenvalue weighted by Crippen LogP contribution is 2.31. The Kier molecular flexibility index (Phi) is 7.23. The number of nitrogens with zero attached hydrogens (tertiary/aromatic N) is 6. The third-order valence-electron chi connectivity index (χ3n) is 6.96. The van der Waals surface area contributed by atoms with Crippen LogP contribution in [0.3, 0.4) is 0 Å². The van der Waals surface area contributed by atoms with Gasteiger partial charge in [0.1, 0.15) is 11.6 Å². The van der Waals surface area contributed by atoms with Gasteiger partial charge < -0.3 is 19.4 Å². The van der Waals surface area contributed by atoms with Gasteiger partial charge in [-0.05, 0) is 35.8 Å². The number of carbonyl (C=O) groups excluding carboxylic acids is 2. The van der Waals surface area contributed by atoms with Crippen molar-refractivity contribution in [1.82, 2.24) is 29.5 Å². The Balaban J connectivity index is 1.15. The number of fused-ring (bicyclic) bond motifs is 2. The molecule has 5 rings (SSSR count). The van der Waals surface area contributed by atoms with E-state index in [-0.39, 0.29) is 49.1 Å². The van der Waals surface area contributed by atoms with E-state index in [2.05, 4.69) is 14.8 Å². The minimum atomic E-state index is -4.78. The van der Waals surface area contributed by atoms with Crippen LogP contribution in [0.2, 0.25) is 0 Å². The minimum absolute atomic E-state index is 0.0529. The van der Waals surface area contributed by atoms with E-state index in [1.807, 2.05) is 6.08 Å². The molecule has 4 heterocycles. The van der Waals surface area contributed by atoms with Crippen LogP contribution in [0.15, 0.2) is 42.0 Å². The van der Waals surface area contributed by atoms with Gasteiger partial charge in [0.15, 0.2) is 0 Å². The molecular formula is C25H24F6N6O3. The second kappa shape index (κ2) is 10.5. The maximum atomic E-state index is 13.1. The minimum Gasteiger partial charge on any atom is -0.406 e. The van der Waals surface area contributed by atoms with E-state index in [1.54, 1.807) is 9.80 Å². The lowest BCUT2D eigenvalue weighted by Crippen LogP contribution is -2.46. The monoisotopic (exact) mass is 570 g/mol. The molecule has 3 amide bonds. The van der Waals surface area contributed by atoms with Crippen molar-refractivity contribution < 1.29 is 40.7 Å². The first-order valence-electron chi connectivity index (χ1n) is 12.4. The largest absolute Gasteiger partial charge is 0.573 e. The van der Waals surface area contributed by atoms with Crippen molar-refractivity contribution in [1.29, 1.82) is 0 Å². The summed E-state index contributed by atoms with van der Waals surface area (Å²) < 4.78 is 80.7. The van der Waals surface area contributed by atoms with Gasteiger partial charge in [-0.1, -0.05) is 18.2 Å². The van der Waals surface area contributed by atoms with Crippen LogP contribution in [0.4, 0.5) is 31.1 Å². The summed E-state index contributed by atoms with van der Waals surface area (Å²) in [6, 6.07) is 4.87. The summed E-state index contributed by atoms with van der Waals surface area (Å²) >= 11 is 0. The van der Waals surface area contributed by atoms with Crippen LogP contribution in [0, 0.1) is 5.92 Å². The van der Waals surface area contributed by atoms with Crippen LogP contribution in [0.5, 0.6) is 5.75 Å². The van der Waals surface area contributed by atoms with Gasteiger partial charge in [-0.3, -0.25) is 4.79 Å². The van der Waals surface area contributed by atoms with Gasteiger partial charge in [0.05, 0.1) is 13.1 Å². The molecule has 0 radical (unpaired) electrons. The lowest BCUT2D eigenvalue weighted by molar-refractivity contribution is -0.274. The molecule has 0 N–H and O–H groups in total. The molecule has 40 heavy (non-hydrogen) atoms. The molecule has 3 aliphatic heterocycles. The normalized spacial score (nSPS) is 19.8. The number of likely N-dealkylation sites (tertiary alicyclic amines) is 1. The molecule has 0 saturated carbocycles. The Hall–Kier alpha value is -4.04. The number of benzene rings is 1. The number of halogens is 6. The van der Waals surface area contributed by atoms with E-state index in [0.29, 0.717) is 38.2 Å². The van der Waals surface area contributed by atoms with Crippen LogP contribution in [0.25, 0.3) is 6.08 Å². The maximum absolute atomic E-state index is 13.1. The van der Waals surface area contributed by atoms with Crippen molar-refractivity contribution in [3.63, 3.8) is 0 Å². The fraction of sp³-hybridized carbons (Fsp3) is 0.440. The smallest absolute Gasteiger partial charge is 0.406 e. The average Bonchev–Trinajstić information content (AvgIpc) is 3.46.